The van der Waals surface area contributed by atoms with E-state index in [2.05, 4.69) is 4.98 Å². The Bertz CT molecular complexity index is 358. The van der Waals surface area contributed by atoms with Gasteiger partial charge in [0.1, 0.15) is 11.5 Å². The van der Waals surface area contributed by atoms with Gasteiger partial charge in [-0.05, 0) is 30.4 Å². The highest BCUT2D eigenvalue weighted by Crippen LogP contribution is 2.41. The molecule has 1 aromatic heterocycles. The molecular formula is C10H10FNO. The van der Waals surface area contributed by atoms with Gasteiger partial charge in [-0.25, -0.2) is 4.39 Å². The molecule has 1 aromatic rings. The van der Waals surface area contributed by atoms with Crippen molar-refractivity contribution in [2.75, 3.05) is 0 Å². The zero-order valence-corrected chi connectivity index (χ0v) is 7.38. The topological polar surface area (TPSA) is 30.0 Å². The molecule has 0 N–H and O–H groups in total. The van der Waals surface area contributed by atoms with Gasteiger partial charge < -0.3 is 0 Å². The molecule has 0 saturated heterocycles. The summed E-state index contributed by atoms with van der Waals surface area (Å²) in [4.78, 5) is 14.7. The van der Waals surface area contributed by atoms with Crippen LogP contribution in [0.15, 0.2) is 12.3 Å². The highest BCUT2D eigenvalue weighted by atomic mass is 19.1. The first-order valence-electron chi connectivity index (χ1n) is 4.35. The minimum absolute atomic E-state index is 0.109. The second kappa shape index (κ2) is 2.91. The largest absolute Gasteiger partial charge is 0.293 e. The fraction of sp³-hybridized carbons (Fsp3) is 0.400. The van der Waals surface area contributed by atoms with Crippen molar-refractivity contribution in [1.82, 2.24) is 4.98 Å². The van der Waals surface area contributed by atoms with E-state index in [1.807, 2.05) is 0 Å². The van der Waals surface area contributed by atoms with Gasteiger partial charge in [-0.3, -0.25) is 9.78 Å². The Kier molecular flexibility index (Phi) is 1.87. The van der Waals surface area contributed by atoms with Crippen molar-refractivity contribution < 1.29 is 9.18 Å². The zero-order valence-electron chi connectivity index (χ0n) is 7.38. The maximum atomic E-state index is 13.1. The van der Waals surface area contributed by atoms with Crippen LogP contribution in [0, 0.1) is 5.82 Å². The van der Waals surface area contributed by atoms with Crippen LogP contribution in [0.3, 0.4) is 0 Å². The van der Waals surface area contributed by atoms with Gasteiger partial charge in [0, 0.05) is 6.92 Å². The highest BCUT2D eigenvalue weighted by Gasteiger charge is 2.27. The summed E-state index contributed by atoms with van der Waals surface area (Å²) in [7, 11) is 0. The maximum Gasteiger partial charge on any atom is 0.178 e. The van der Waals surface area contributed by atoms with Gasteiger partial charge in [0.05, 0.1) is 6.20 Å². The molecule has 1 heterocycles. The third kappa shape index (κ3) is 1.59. The van der Waals surface area contributed by atoms with Crippen molar-refractivity contribution in [1.29, 1.82) is 0 Å². The van der Waals surface area contributed by atoms with Crippen LogP contribution in [0.2, 0.25) is 0 Å². The lowest BCUT2D eigenvalue weighted by Gasteiger charge is -2.01. The molecule has 1 fully saturated rings. The molecule has 2 nitrogen and oxygen atoms in total. The van der Waals surface area contributed by atoms with Crippen LogP contribution in [-0.4, -0.2) is 10.8 Å². The van der Waals surface area contributed by atoms with E-state index in [0.29, 0.717) is 17.2 Å². The van der Waals surface area contributed by atoms with E-state index >= 15 is 0 Å². The Labute approximate surface area is 75.8 Å². The van der Waals surface area contributed by atoms with Gasteiger partial charge in [-0.15, -0.1) is 0 Å². The molecular weight excluding hydrogens is 169 g/mol. The second-order valence-corrected chi connectivity index (χ2v) is 3.42. The van der Waals surface area contributed by atoms with Crippen LogP contribution in [0.1, 0.15) is 41.7 Å². The van der Waals surface area contributed by atoms with E-state index < -0.39 is 0 Å². The van der Waals surface area contributed by atoms with E-state index in [9.17, 15) is 9.18 Å². The molecule has 1 aliphatic carbocycles. The van der Waals surface area contributed by atoms with Crippen LogP contribution in [-0.2, 0) is 0 Å². The van der Waals surface area contributed by atoms with Crippen molar-refractivity contribution in [2.45, 2.75) is 25.7 Å². The van der Waals surface area contributed by atoms with Gasteiger partial charge in [0.2, 0.25) is 0 Å². The summed E-state index contributed by atoms with van der Waals surface area (Å²) < 4.78 is 13.1. The fourth-order valence-electron chi connectivity index (χ4n) is 1.35. The number of aromatic nitrogens is 1. The molecule has 0 aromatic carbocycles. The Morgan fingerprint density at radius 3 is 2.85 bits per heavy atom. The molecule has 0 spiro atoms. The third-order valence-electron chi connectivity index (χ3n) is 2.26. The highest BCUT2D eigenvalue weighted by molar-refractivity contribution is 5.92. The van der Waals surface area contributed by atoms with Crippen LogP contribution in [0.4, 0.5) is 4.39 Å². The molecule has 0 radical (unpaired) electrons. The first-order chi connectivity index (χ1) is 6.18. The number of Topliss-reactive ketones (excluding diaryl/α,β-unsaturated/α-hetero) is 1. The SMILES string of the molecule is CC(=O)c1cc(C2CC2)c(F)cn1. The zero-order chi connectivity index (χ0) is 9.42. The quantitative estimate of drug-likeness (QED) is 0.652. The summed E-state index contributed by atoms with van der Waals surface area (Å²) in [5, 5.41) is 0. The average molecular weight is 179 g/mol. The number of ketones is 1. The maximum absolute atomic E-state index is 13.1. The fourth-order valence-corrected chi connectivity index (χ4v) is 1.35. The van der Waals surface area contributed by atoms with Crippen LogP contribution in [0.5, 0.6) is 0 Å². The summed E-state index contributed by atoms with van der Waals surface area (Å²) in [6, 6.07) is 1.58. The van der Waals surface area contributed by atoms with Crippen molar-refractivity contribution >= 4 is 5.78 Å². The van der Waals surface area contributed by atoms with Crippen molar-refractivity contribution in [3.8, 4) is 0 Å². The molecule has 13 heavy (non-hydrogen) atoms. The molecule has 3 heteroatoms. The lowest BCUT2D eigenvalue weighted by molar-refractivity contribution is 0.101. The molecule has 0 bridgehead atoms. The average Bonchev–Trinajstić information content (AvgIpc) is 2.87. The summed E-state index contributed by atoms with van der Waals surface area (Å²) >= 11 is 0. The molecule has 0 amide bonds. The van der Waals surface area contributed by atoms with Crippen LogP contribution < -0.4 is 0 Å². The third-order valence-corrected chi connectivity index (χ3v) is 2.26. The normalized spacial score (nSPS) is 15.8. The van der Waals surface area contributed by atoms with Crippen LogP contribution in [0.25, 0.3) is 0 Å². The summed E-state index contributed by atoms with van der Waals surface area (Å²) in [6.45, 7) is 1.44. The Hall–Kier alpha value is -1.25. The lowest BCUT2D eigenvalue weighted by Crippen LogP contribution is -2.00. The standard InChI is InChI=1S/C10H10FNO/c1-6(13)10-4-8(7-2-3-7)9(11)5-12-10/h4-5,7H,2-3H2,1H3. The van der Waals surface area contributed by atoms with Gasteiger partial charge in [-0.1, -0.05) is 0 Å². The van der Waals surface area contributed by atoms with Gasteiger partial charge in [0.15, 0.2) is 5.78 Å². The smallest absolute Gasteiger partial charge is 0.178 e. The van der Waals surface area contributed by atoms with Gasteiger partial charge in [0.25, 0.3) is 0 Å². The Balaban J connectivity index is 2.41. The van der Waals surface area contributed by atoms with E-state index in [0.717, 1.165) is 19.0 Å². The van der Waals surface area contributed by atoms with E-state index in [4.69, 9.17) is 0 Å². The second-order valence-electron chi connectivity index (χ2n) is 3.42. The van der Waals surface area contributed by atoms with Crippen molar-refractivity contribution in [3.05, 3.63) is 29.3 Å². The monoisotopic (exact) mass is 179 g/mol. The van der Waals surface area contributed by atoms with Gasteiger partial charge in [-0.2, -0.15) is 0 Å². The Morgan fingerprint density at radius 2 is 2.31 bits per heavy atom. The number of nitrogens with zero attached hydrogens (tertiary/aromatic N) is 1. The van der Waals surface area contributed by atoms with E-state index in [1.165, 1.54) is 6.92 Å². The van der Waals surface area contributed by atoms with E-state index in [-0.39, 0.29) is 11.6 Å². The number of pyridine rings is 1. The van der Waals surface area contributed by atoms with Crippen LogP contribution >= 0.6 is 0 Å². The first-order valence-corrected chi connectivity index (χ1v) is 4.35. The lowest BCUT2D eigenvalue weighted by atomic mass is 10.1. The summed E-state index contributed by atoms with van der Waals surface area (Å²) in [5.74, 6) is -0.0736. The molecule has 1 saturated carbocycles. The number of halogens is 1. The number of rotatable bonds is 2. The van der Waals surface area contributed by atoms with Crippen molar-refractivity contribution in [3.63, 3.8) is 0 Å². The molecule has 0 unspecified atom stereocenters. The predicted octanol–water partition coefficient (Wildman–Crippen LogP) is 2.30. The summed E-state index contributed by atoms with van der Waals surface area (Å²) in [6.07, 6.45) is 3.20. The molecule has 0 aliphatic heterocycles. The number of carbonyl (C=O) groups excluding carboxylic acids is 1. The molecule has 2 rings (SSSR count). The number of hydrogen-bond donors (Lipinski definition) is 0. The van der Waals surface area contributed by atoms with Crippen molar-refractivity contribution in [2.24, 2.45) is 0 Å². The first kappa shape index (κ1) is 8.35. The van der Waals surface area contributed by atoms with Gasteiger partial charge >= 0.3 is 0 Å². The predicted molar refractivity (Wildman–Crippen MR) is 46.2 cm³/mol. The number of carbonyl (C=O) groups is 1. The molecule has 68 valence electrons. The summed E-state index contributed by atoms with van der Waals surface area (Å²) in [5.41, 5.74) is 1.02. The Morgan fingerprint density at radius 1 is 1.62 bits per heavy atom. The minimum atomic E-state index is -0.285. The molecule has 1 aliphatic rings. The number of hydrogen-bond acceptors (Lipinski definition) is 2. The molecule has 0 atom stereocenters. The minimum Gasteiger partial charge on any atom is -0.293 e. The van der Waals surface area contributed by atoms with E-state index in [1.54, 1.807) is 6.07 Å².